The molecule has 0 spiro atoms. The minimum atomic E-state index is -0.413. The van der Waals surface area contributed by atoms with Crippen molar-refractivity contribution < 1.29 is 9.90 Å². The standard InChI is InChI=1S/C17H18N2O2/c18-15-8-4-5-13(11-15)9-10-17(21)19-16(12-20)14-6-2-1-3-7-14/h1-11,16,20H,12,18H2,(H,19,21)/b10-9+. The first-order chi connectivity index (χ1) is 10.2. The second kappa shape index (κ2) is 7.26. The van der Waals surface area contributed by atoms with Gasteiger partial charge in [-0.05, 0) is 29.3 Å². The highest BCUT2D eigenvalue weighted by molar-refractivity contribution is 5.92. The molecular weight excluding hydrogens is 264 g/mol. The van der Waals surface area contributed by atoms with Crippen molar-refractivity contribution in [2.45, 2.75) is 6.04 Å². The number of anilines is 1. The van der Waals surface area contributed by atoms with E-state index in [1.807, 2.05) is 42.5 Å². The van der Waals surface area contributed by atoms with Crippen molar-refractivity contribution in [1.82, 2.24) is 5.32 Å². The van der Waals surface area contributed by atoms with Gasteiger partial charge < -0.3 is 16.2 Å². The van der Waals surface area contributed by atoms with E-state index in [1.54, 1.807) is 18.2 Å². The molecule has 4 nitrogen and oxygen atoms in total. The minimum Gasteiger partial charge on any atom is -0.399 e. The number of carbonyl (C=O) groups excluding carboxylic acids is 1. The third-order valence-electron chi connectivity index (χ3n) is 3.04. The van der Waals surface area contributed by atoms with Crippen LogP contribution in [0.25, 0.3) is 6.08 Å². The van der Waals surface area contributed by atoms with Crippen molar-refractivity contribution in [3.63, 3.8) is 0 Å². The van der Waals surface area contributed by atoms with E-state index in [-0.39, 0.29) is 12.5 Å². The van der Waals surface area contributed by atoms with Gasteiger partial charge in [0.05, 0.1) is 12.6 Å². The molecule has 1 unspecified atom stereocenters. The first-order valence-corrected chi connectivity index (χ1v) is 6.69. The van der Waals surface area contributed by atoms with Gasteiger partial charge in [0, 0.05) is 11.8 Å². The smallest absolute Gasteiger partial charge is 0.244 e. The van der Waals surface area contributed by atoms with Gasteiger partial charge in [-0.2, -0.15) is 0 Å². The maximum absolute atomic E-state index is 11.9. The van der Waals surface area contributed by atoms with E-state index in [1.165, 1.54) is 6.08 Å². The van der Waals surface area contributed by atoms with E-state index >= 15 is 0 Å². The number of hydrogen-bond acceptors (Lipinski definition) is 3. The molecule has 0 aliphatic heterocycles. The van der Waals surface area contributed by atoms with Gasteiger partial charge in [0.15, 0.2) is 0 Å². The average molecular weight is 282 g/mol. The zero-order valence-electron chi connectivity index (χ0n) is 11.6. The summed E-state index contributed by atoms with van der Waals surface area (Å²) in [5.74, 6) is -0.264. The van der Waals surface area contributed by atoms with E-state index in [0.29, 0.717) is 5.69 Å². The molecule has 0 aromatic heterocycles. The number of aliphatic hydroxyl groups is 1. The van der Waals surface area contributed by atoms with E-state index in [4.69, 9.17) is 5.73 Å². The van der Waals surface area contributed by atoms with Crippen molar-refractivity contribution in [3.05, 3.63) is 71.8 Å². The van der Waals surface area contributed by atoms with Gasteiger partial charge in [-0.1, -0.05) is 42.5 Å². The number of amides is 1. The molecule has 2 rings (SSSR count). The summed E-state index contributed by atoms with van der Waals surface area (Å²) in [5, 5.41) is 12.2. The fraction of sp³-hybridized carbons (Fsp3) is 0.118. The zero-order valence-corrected chi connectivity index (χ0v) is 11.6. The minimum absolute atomic E-state index is 0.151. The molecule has 1 amide bonds. The van der Waals surface area contributed by atoms with Crippen molar-refractivity contribution in [3.8, 4) is 0 Å². The monoisotopic (exact) mass is 282 g/mol. The summed E-state index contributed by atoms with van der Waals surface area (Å²) in [6.07, 6.45) is 3.12. The highest BCUT2D eigenvalue weighted by Gasteiger charge is 2.11. The summed E-state index contributed by atoms with van der Waals surface area (Å²) in [7, 11) is 0. The van der Waals surface area contributed by atoms with Crippen molar-refractivity contribution in [1.29, 1.82) is 0 Å². The van der Waals surface area contributed by atoms with Crippen LogP contribution in [0.1, 0.15) is 17.2 Å². The third kappa shape index (κ3) is 4.47. The Morgan fingerprint density at radius 3 is 2.62 bits per heavy atom. The number of hydrogen-bond donors (Lipinski definition) is 3. The maximum atomic E-state index is 11.9. The van der Waals surface area contributed by atoms with Crippen LogP contribution in [0.4, 0.5) is 5.69 Å². The van der Waals surface area contributed by atoms with E-state index in [9.17, 15) is 9.90 Å². The number of rotatable bonds is 5. The van der Waals surface area contributed by atoms with Gasteiger partial charge in [0.25, 0.3) is 0 Å². The molecule has 108 valence electrons. The molecule has 2 aromatic carbocycles. The highest BCUT2D eigenvalue weighted by atomic mass is 16.3. The molecule has 4 N–H and O–H groups in total. The van der Waals surface area contributed by atoms with Gasteiger partial charge in [-0.15, -0.1) is 0 Å². The number of carbonyl (C=O) groups is 1. The molecule has 2 aromatic rings. The number of nitrogen functional groups attached to an aromatic ring is 1. The van der Waals surface area contributed by atoms with E-state index in [2.05, 4.69) is 5.32 Å². The Morgan fingerprint density at radius 2 is 1.95 bits per heavy atom. The molecule has 0 aliphatic rings. The first kappa shape index (κ1) is 14.8. The van der Waals surface area contributed by atoms with E-state index in [0.717, 1.165) is 11.1 Å². The van der Waals surface area contributed by atoms with Gasteiger partial charge >= 0.3 is 0 Å². The fourth-order valence-corrected chi connectivity index (χ4v) is 1.97. The van der Waals surface area contributed by atoms with Crippen LogP contribution in [0.15, 0.2) is 60.7 Å². The Morgan fingerprint density at radius 1 is 1.19 bits per heavy atom. The van der Waals surface area contributed by atoms with E-state index < -0.39 is 6.04 Å². The average Bonchev–Trinajstić information content (AvgIpc) is 2.51. The zero-order chi connectivity index (χ0) is 15.1. The summed E-state index contributed by atoms with van der Waals surface area (Å²) in [6.45, 7) is -0.151. The van der Waals surface area contributed by atoms with Crippen LogP contribution in [0.5, 0.6) is 0 Å². The predicted molar refractivity (Wildman–Crippen MR) is 84.3 cm³/mol. The molecule has 0 saturated carbocycles. The Balaban J connectivity index is 2.00. The summed E-state index contributed by atoms with van der Waals surface area (Å²) >= 11 is 0. The fourth-order valence-electron chi connectivity index (χ4n) is 1.97. The second-order valence-corrected chi connectivity index (χ2v) is 4.66. The van der Waals surface area contributed by atoms with Gasteiger partial charge in [-0.25, -0.2) is 0 Å². The first-order valence-electron chi connectivity index (χ1n) is 6.69. The van der Waals surface area contributed by atoms with Crippen molar-refractivity contribution in [2.24, 2.45) is 0 Å². The number of nitrogens with two attached hydrogens (primary N) is 1. The molecule has 0 saturated heterocycles. The summed E-state index contributed by atoms with van der Waals surface area (Å²) in [5.41, 5.74) is 8.04. The molecule has 4 heteroatoms. The van der Waals surface area contributed by atoms with Gasteiger partial charge in [-0.3, -0.25) is 4.79 Å². The number of aliphatic hydroxyl groups excluding tert-OH is 1. The molecule has 1 atom stereocenters. The Bertz CT molecular complexity index is 624. The SMILES string of the molecule is Nc1cccc(/C=C/C(=O)NC(CO)c2ccccc2)c1. The Labute approximate surface area is 123 Å². The lowest BCUT2D eigenvalue weighted by molar-refractivity contribution is -0.117. The third-order valence-corrected chi connectivity index (χ3v) is 3.04. The highest BCUT2D eigenvalue weighted by Crippen LogP contribution is 2.12. The van der Waals surface area contributed by atoms with Crippen LogP contribution in [-0.2, 0) is 4.79 Å². The van der Waals surface area contributed by atoms with Crippen LogP contribution in [-0.4, -0.2) is 17.6 Å². The molecule has 21 heavy (non-hydrogen) atoms. The largest absolute Gasteiger partial charge is 0.399 e. The van der Waals surface area contributed by atoms with Crippen molar-refractivity contribution >= 4 is 17.7 Å². The summed E-state index contributed by atoms with van der Waals surface area (Å²) in [6, 6.07) is 16.2. The Hall–Kier alpha value is -2.59. The number of benzene rings is 2. The summed E-state index contributed by atoms with van der Waals surface area (Å²) < 4.78 is 0. The van der Waals surface area contributed by atoms with Crippen LogP contribution in [0.2, 0.25) is 0 Å². The molecule has 0 radical (unpaired) electrons. The van der Waals surface area contributed by atoms with Gasteiger partial charge in [0.2, 0.25) is 5.91 Å². The van der Waals surface area contributed by atoms with Crippen LogP contribution in [0.3, 0.4) is 0 Å². The topological polar surface area (TPSA) is 75.4 Å². The van der Waals surface area contributed by atoms with Crippen LogP contribution >= 0.6 is 0 Å². The molecule has 0 heterocycles. The lowest BCUT2D eigenvalue weighted by Crippen LogP contribution is -2.29. The van der Waals surface area contributed by atoms with Gasteiger partial charge in [0.1, 0.15) is 0 Å². The summed E-state index contributed by atoms with van der Waals surface area (Å²) in [4.78, 5) is 11.9. The van der Waals surface area contributed by atoms with Crippen molar-refractivity contribution in [2.75, 3.05) is 12.3 Å². The molecule has 0 aliphatic carbocycles. The number of nitrogens with one attached hydrogen (secondary N) is 1. The molecule has 0 fully saturated rings. The lowest BCUT2D eigenvalue weighted by atomic mass is 10.1. The van der Waals surface area contributed by atoms with Crippen LogP contribution < -0.4 is 11.1 Å². The quantitative estimate of drug-likeness (QED) is 0.581. The van der Waals surface area contributed by atoms with Crippen LogP contribution in [0, 0.1) is 0 Å². The predicted octanol–water partition coefficient (Wildman–Crippen LogP) is 2.13. The normalized spacial score (nSPS) is 12.2. The Kier molecular flexibility index (Phi) is 5.12. The lowest BCUT2D eigenvalue weighted by Gasteiger charge is -2.15. The second-order valence-electron chi connectivity index (χ2n) is 4.66. The molecular formula is C17H18N2O2. The molecule has 0 bridgehead atoms. The maximum Gasteiger partial charge on any atom is 0.244 e.